The third-order valence-corrected chi connectivity index (χ3v) is 3.82. The van der Waals surface area contributed by atoms with Gasteiger partial charge in [-0.1, -0.05) is 12.1 Å². The lowest BCUT2D eigenvalue weighted by molar-refractivity contribution is -0.133. The normalized spacial score (nSPS) is 19.5. The first-order valence-corrected chi connectivity index (χ1v) is 7.03. The van der Waals surface area contributed by atoms with Crippen LogP contribution in [-0.2, 0) is 14.3 Å². The second-order valence-electron chi connectivity index (χ2n) is 5.18. The largest absolute Gasteiger partial charge is 0.465 e. The summed E-state index contributed by atoms with van der Waals surface area (Å²) in [5.74, 6) is 0.0213. The molecular weight excluding hydrogens is 268 g/mol. The van der Waals surface area contributed by atoms with Crippen molar-refractivity contribution in [3.05, 3.63) is 52.3 Å². The highest BCUT2D eigenvalue weighted by Crippen LogP contribution is 2.37. The Kier molecular flexibility index (Phi) is 3.60. The molecule has 2 aliphatic rings. The average molecular weight is 284 g/mol. The minimum atomic E-state index is -0.378. The number of allylic oxidation sites excluding steroid dienone is 1. The summed E-state index contributed by atoms with van der Waals surface area (Å²) in [5.41, 5.74) is 3.14. The zero-order valence-electron chi connectivity index (χ0n) is 11.8. The molecule has 1 aliphatic carbocycles. The van der Waals surface area contributed by atoms with Gasteiger partial charge in [-0.3, -0.25) is 0 Å². The molecule has 0 spiro atoms. The fourth-order valence-corrected chi connectivity index (χ4v) is 2.77. The summed E-state index contributed by atoms with van der Waals surface area (Å²) < 4.78 is 10.1. The van der Waals surface area contributed by atoms with E-state index < -0.39 is 0 Å². The number of rotatable bonds is 2. The molecule has 0 atom stereocenters. The van der Waals surface area contributed by atoms with E-state index in [4.69, 9.17) is 9.47 Å². The Labute approximate surface area is 123 Å². The van der Waals surface area contributed by atoms with Crippen molar-refractivity contribution in [1.29, 1.82) is 0 Å². The number of hydrogen-bond donors (Lipinski definition) is 0. The molecule has 0 bridgehead atoms. The molecule has 4 nitrogen and oxygen atoms in total. The molecule has 1 aliphatic heterocycles. The molecule has 1 heterocycles. The number of methoxy groups -OCH3 is 1. The molecule has 21 heavy (non-hydrogen) atoms. The van der Waals surface area contributed by atoms with Gasteiger partial charge in [-0.25, -0.2) is 9.59 Å². The van der Waals surface area contributed by atoms with Crippen molar-refractivity contribution in [3.8, 4) is 0 Å². The highest BCUT2D eigenvalue weighted by molar-refractivity contribution is 5.96. The molecule has 0 radical (unpaired) electrons. The number of esters is 2. The Hall–Kier alpha value is -2.36. The number of hydrogen-bond acceptors (Lipinski definition) is 4. The first kappa shape index (κ1) is 13.6. The van der Waals surface area contributed by atoms with Gasteiger partial charge in [0, 0.05) is 11.1 Å². The van der Waals surface area contributed by atoms with Gasteiger partial charge in [-0.2, -0.15) is 0 Å². The van der Waals surface area contributed by atoms with Crippen molar-refractivity contribution >= 4 is 18.0 Å². The predicted molar refractivity (Wildman–Crippen MR) is 77.3 cm³/mol. The first-order valence-electron chi connectivity index (χ1n) is 7.03. The van der Waals surface area contributed by atoms with E-state index in [1.165, 1.54) is 7.11 Å². The van der Waals surface area contributed by atoms with Crippen LogP contribution in [0, 0.1) is 0 Å². The maximum Gasteiger partial charge on any atom is 0.339 e. The molecule has 108 valence electrons. The number of benzene rings is 1. The minimum Gasteiger partial charge on any atom is -0.465 e. The summed E-state index contributed by atoms with van der Waals surface area (Å²) >= 11 is 0. The van der Waals surface area contributed by atoms with Gasteiger partial charge in [0.25, 0.3) is 0 Å². The zero-order valence-corrected chi connectivity index (χ0v) is 11.8. The SMILES string of the molecule is COC(=O)c1cccc(/C=C2\OC(=O)C3=C2CCCC3)c1. The van der Waals surface area contributed by atoms with Gasteiger partial charge in [-0.05, 0) is 49.5 Å². The third-order valence-electron chi connectivity index (χ3n) is 3.82. The average Bonchev–Trinajstić information content (AvgIpc) is 2.83. The predicted octanol–water partition coefficient (Wildman–Crippen LogP) is 3.24. The van der Waals surface area contributed by atoms with E-state index in [1.54, 1.807) is 18.2 Å². The van der Waals surface area contributed by atoms with Crippen molar-refractivity contribution in [2.24, 2.45) is 0 Å². The molecule has 0 aromatic heterocycles. The van der Waals surface area contributed by atoms with Crippen molar-refractivity contribution in [2.75, 3.05) is 7.11 Å². The zero-order chi connectivity index (χ0) is 14.8. The summed E-state index contributed by atoms with van der Waals surface area (Å²) in [4.78, 5) is 23.4. The van der Waals surface area contributed by atoms with Crippen LogP contribution in [0.5, 0.6) is 0 Å². The maximum atomic E-state index is 11.8. The van der Waals surface area contributed by atoms with Gasteiger partial charge in [-0.15, -0.1) is 0 Å². The number of cyclic esters (lactones) is 1. The lowest BCUT2D eigenvalue weighted by Gasteiger charge is -2.10. The topological polar surface area (TPSA) is 52.6 Å². The molecule has 4 heteroatoms. The lowest BCUT2D eigenvalue weighted by Crippen LogP contribution is -2.01. The highest BCUT2D eigenvalue weighted by Gasteiger charge is 2.31. The Balaban J connectivity index is 1.94. The van der Waals surface area contributed by atoms with Crippen molar-refractivity contribution in [2.45, 2.75) is 25.7 Å². The van der Waals surface area contributed by atoms with Gasteiger partial charge < -0.3 is 9.47 Å². The van der Waals surface area contributed by atoms with E-state index in [0.29, 0.717) is 11.3 Å². The first-order chi connectivity index (χ1) is 10.2. The van der Waals surface area contributed by atoms with Crippen LogP contribution in [-0.4, -0.2) is 19.0 Å². The summed E-state index contributed by atoms with van der Waals surface area (Å²) in [6.07, 6.45) is 5.61. The molecule has 0 unspecified atom stereocenters. The van der Waals surface area contributed by atoms with E-state index in [-0.39, 0.29) is 11.9 Å². The molecule has 1 aromatic rings. The standard InChI is InChI=1S/C17H16O4/c1-20-16(18)12-6-4-5-11(9-12)10-15-13-7-2-3-8-14(13)17(19)21-15/h4-6,9-10H,2-3,7-8H2,1H3/b15-10-. The monoisotopic (exact) mass is 284 g/mol. The van der Waals surface area contributed by atoms with Crippen LogP contribution in [0.2, 0.25) is 0 Å². The smallest absolute Gasteiger partial charge is 0.339 e. The Bertz CT molecular complexity index is 667. The van der Waals surface area contributed by atoms with Crippen LogP contribution in [0.4, 0.5) is 0 Å². The molecule has 0 N–H and O–H groups in total. The van der Waals surface area contributed by atoms with Crippen LogP contribution in [0.1, 0.15) is 41.6 Å². The highest BCUT2D eigenvalue weighted by atomic mass is 16.5. The van der Waals surface area contributed by atoms with Crippen LogP contribution >= 0.6 is 0 Å². The molecule has 0 amide bonds. The summed E-state index contributed by atoms with van der Waals surface area (Å²) in [7, 11) is 1.35. The van der Waals surface area contributed by atoms with Gasteiger partial charge in [0.1, 0.15) is 5.76 Å². The quantitative estimate of drug-likeness (QED) is 0.782. The Morgan fingerprint density at radius 1 is 1.24 bits per heavy atom. The van der Waals surface area contributed by atoms with E-state index in [9.17, 15) is 9.59 Å². The second-order valence-corrected chi connectivity index (χ2v) is 5.18. The second kappa shape index (κ2) is 5.56. The van der Waals surface area contributed by atoms with Crippen LogP contribution < -0.4 is 0 Å². The van der Waals surface area contributed by atoms with E-state index in [0.717, 1.165) is 42.4 Å². The fraction of sp³-hybridized carbons (Fsp3) is 0.294. The number of ether oxygens (including phenoxy) is 2. The number of carbonyl (C=O) groups excluding carboxylic acids is 2. The van der Waals surface area contributed by atoms with Gasteiger partial charge in [0.05, 0.1) is 12.7 Å². The Morgan fingerprint density at radius 3 is 2.76 bits per heavy atom. The molecule has 0 saturated carbocycles. The van der Waals surface area contributed by atoms with Crippen molar-refractivity contribution in [3.63, 3.8) is 0 Å². The van der Waals surface area contributed by atoms with Crippen LogP contribution in [0.15, 0.2) is 41.2 Å². The van der Waals surface area contributed by atoms with Crippen LogP contribution in [0.3, 0.4) is 0 Å². The third kappa shape index (κ3) is 2.61. The van der Waals surface area contributed by atoms with E-state index >= 15 is 0 Å². The molecule has 3 rings (SSSR count). The molecule has 1 aromatic carbocycles. The fourth-order valence-electron chi connectivity index (χ4n) is 2.77. The number of carbonyl (C=O) groups is 2. The summed E-state index contributed by atoms with van der Waals surface area (Å²) in [6.45, 7) is 0. The van der Waals surface area contributed by atoms with Gasteiger partial charge >= 0.3 is 11.9 Å². The van der Waals surface area contributed by atoms with Gasteiger partial charge in [0.2, 0.25) is 0 Å². The molecule has 0 fully saturated rings. The van der Waals surface area contributed by atoms with Crippen LogP contribution in [0.25, 0.3) is 6.08 Å². The molecule has 0 saturated heterocycles. The van der Waals surface area contributed by atoms with Crippen molar-refractivity contribution in [1.82, 2.24) is 0 Å². The summed E-state index contributed by atoms with van der Waals surface area (Å²) in [5, 5.41) is 0. The van der Waals surface area contributed by atoms with Crippen molar-refractivity contribution < 1.29 is 19.1 Å². The Morgan fingerprint density at radius 2 is 2.00 bits per heavy atom. The van der Waals surface area contributed by atoms with Gasteiger partial charge in [0.15, 0.2) is 0 Å². The molecular formula is C17H16O4. The maximum absolute atomic E-state index is 11.8. The minimum absolute atomic E-state index is 0.222. The van der Waals surface area contributed by atoms with E-state index in [1.807, 2.05) is 12.1 Å². The summed E-state index contributed by atoms with van der Waals surface area (Å²) in [6, 6.07) is 7.08. The van der Waals surface area contributed by atoms with E-state index in [2.05, 4.69) is 0 Å². The lowest BCUT2D eigenvalue weighted by atomic mass is 9.92.